The zero-order chi connectivity index (χ0) is 16.2. The van der Waals surface area contributed by atoms with E-state index >= 15 is 0 Å². The zero-order valence-electron chi connectivity index (χ0n) is 13.0. The fourth-order valence-electron chi connectivity index (χ4n) is 2.98. The summed E-state index contributed by atoms with van der Waals surface area (Å²) in [5.41, 5.74) is 2.43. The molecule has 1 fully saturated rings. The fourth-order valence-corrected chi connectivity index (χ4v) is 2.98. The van der Waals surface area contributed by atoms with Crippen LogP contribution in [0.25, 0.3) is 0 Å². The molecule has 0 unspecified atom stereocenters. The lowest BCUT2D eigenvalue weighted by Crippen LogP contribution is -2.26. The summed E-state index contributed by atoms with van der Waals surface area (Å²) in [6.45, 7) is 0. The van der Waals surface area contributed by atoms with Crippen LogP contribution in [0.5, 0.6) is 0 Å². The van der Waals surface area contributed by atoms with Gasteiger partial charge in [0.15, 0.2) is 0 Å². The van der Waals surface area contributed by atoms with Crippen molar-refractivity contribution in [2.75, 3.05) is 7.11 Å². The van der Waals surface area contributed by atoms with Crippen LogP contribution in [-0.4, -0.2) is 24.3 Å². The molecule has 1 aliphatic rings. The van der Waals surface area contributed by atoms with E-state index in [2.05, 4.69) is 0 Å². The van der Waals surface area contributed by atoms with Crippen molar-refractivity contribution < 1.29 is 19.4 Å². The highest BCUT2D eigenvalue weighted by Gasteiger charge is 2.30. The van der Waals surface area contributed by atoms with E-state index in [0.717, 1.165) is 11.1 Å². The highest BCUT2D eigenvalue weighted by atomic mass is 16.5. The molecular formula is C19H20O4. The predicted molar refractivity (Wildman–Crippen MR) is 86.0 cm³/mol. The van der Waals surface area contributed by atoms with Gasteiger partial charge in [-0.15, -0.1) is 0 Å². The first-order valence-electron chi connectivity index (χ1n) is 7.74. The van der Waals surface area contributed by atoms with E-state index in [1.165, 1.54) is 7.11 Å². The Kier molecular flexibility index (Phi) is 4.74. The molecule has 0 saturated carbocycles. The van der Waals surface area contributed by atoms with Gasteiger partial charge in [-0.05, 0) is 23.3 Å². The van der Waals surface area contributed by atoms with Crippen LogP contribution in [0.2, 0.25) is 0 Å². The van der Waals surface area contributed by atoms with Crippen LogP contribution in [0.3, 0.4) is 0 Å². The average Bonchev–Trinajstić information content (AvgIpc) is 2.61. The topological polar surface area (TPSA) is 55.8 Å². The Balaban J connectivity index is 1.83. The summed E-state index contributed by atoms with van der Waals surface area (Å²) in [5, 5.41) is 10.2. The Morgan fingerprint density at radius 2 is 1.70 bits per heavy atom. The van der Waals surface area contributed by atoms with Crippen molar-refractivity contribution in [1.82, 2.24) is 0 Å². The Labute approximate surface area is 135 Å². The Bertz CT molecular complexity index is 668. The lowest BCUT2D eigenvalue weighted by atomic mass is 9.92. The van der Waals surface area contributed by atoms with E-state index in [4.69, 9.17) is 9.47 Å². The van der Waals surface area contributed by atoms with Gasteiger partial charge in [0.2, 0.25) is 0 Å². The first-order chi connectivity index (χ1) is 11.2. The summed E-state index contributed by atoms with van der Waals surface area (Å²) in [4.78, 5) is 11.7. The molecule has 1 saturated heterocycles. The number of hydrogen-bond acceptors (Lipinski definition) is 4. The smallest absolute Gasteiger partial charge is 0.337 e. The minimum Gasteiger partial charge on any atom is -0.465 e. The van der Waals surface area contributed by atoms with Crippen LogP contribution in [0.1, 0.15) is 46.5 Å². The van der Waals surface area contributed by atoms with Gasteiger partial charge in [-0.2, -0.15) is 0 Å². The lowest BCUT2D eigenvalue weighted by molar-refractivity contribution is -0.0998. The molecule has 120 valence electrons. The number of esters is 1. The van der Waals surface area contributed by atoms with E-state index < -0.39 is 6.10 Å². The van der Waals surface area contributed by atoms with Gasteiger partial charge in [-0.1, -0.05) is 42.5 Å². The highest BCUT2D eigenvalue weighted by molar-refractivity contribution is 5.89. The molecular weight excluding hydrogens is 292 g/mol. The molecule has 2 aromatic carbocycles. The first kappa shape index (κ1) is 15.7. The van der Waals surface area contributed by atoms with Gasteiger partial charge in [0, 0.05) is 12.8 Å². The van der Waals surface area contributed by atoms with Crippen LogP contribution in [-0.2, 0) is 9.47 Å². The monoisotopic (exact) mass is 312 g/mol. The van der Waals surface area contributed by atoms with Crippen LogP contribution in [0.15, 0.2) is 54.6 Å². The normalized spacial score (nSPS) is 24.2. The molecule has 4 heteroatoms. The summed E-state index contributed by atoms with van der Waals surface area (Å²) in [7, 11) is 1.36. The highest BCUT2D eigenvalue weighted by Crippen LogP contribution is 2.38. The van der Waals surface area contributed by atoms with Crippen molar-refractivity contribution in [3.63, 3.8) is 0 Å². The molecule has 23 heavy (non-hydrogen) atoms. The number of carbonyl (C=O) groups is 1. The number of methoxy groups -OCH3 is 1. The maximum atomic E-state index is 11.7. The number of rotatable bonds is 3. The Morgan fingerprint density at radius 1 is 1.04 bits per heavy atom. The Hall–Kier alpha value is -2.17. The van der Waals surface area contributed by atoms with E-state index in [0.29, 0.717) is 18.4 Å². The van der Waals surface area contributed by atoms with Gasteiger partial charge in [-0.25, -0.2) is 4.79 Å². The molecule has 1 heterocycles. The minimum atomic E-state index is -0.430. The number of aliphatic hydroxyl groups excluding tert-OH is 1. The van der Waals surface area contributed by atoms with Gasteiger partial charge >= 0.3 is 5.97 Å². The van der Waals surface area contributed by atoms with Crippen LogP contribution >= 0.6 is 0 Å². The van der Waals surface area contributed by atoms with E-state index in [9.17, 15) is 9.90 Å². The molecule has 0 radical (unpaired) electrons. The average molecular weight is 312 g/mol. The van der Waals surface area contributed by atoms with Crippen molar-refractivity contribution in [3.05, 3.63) is 71.3 Å². The number of ether oxygens (including phenoxy) is 2. The standard InChI is InChI=1S/C19H20O4/c1-22-19(21)15-9-5-8-14(10-15)18-12-16(20)11-17(23-18)13-6-3-2-4-7-13/h2-10,16-18,20H,11-12H2,1H3/t16-,17-,18+/m0/s1. The summed E-state index contributed by atoms with van der Waals surface area (Å²) >= 11 is 0. The molecule has 1 N–H and O–H groups in total. The third kappa shape index (κ3) is 3.60. The second-order valence-corrected chi connectivity index (χ2v) is 5.77. The van der Waals surface area contributed by atoms with E-state index in [1.807, 2.05) is 42.5 Å². The lowest BCUT2D eigenvalue weighted by Gasteiger charge is -2.34. The quantitative estimate of drug-likeness (QED) is 0.882. The summed E-state index contributed by atoms with van der Waals surface area (Å²) in [5.74, 6) is -0.372. The number of benzene rings is 2. The van der Waals surface area contributed by atoms with E-state index in [-0.39, 0.29) is 18.2 Å². The molecule has 0 bridgehead atoms. The third-order valence-corrected chi connectivity index (χ3v) is 4.15. The van der Waals surface area contributed by atoms with Crippen molar-refractivity contribution in [3.8, 4) is 0 Å². The second-order valence-electron chi connectivity index (χ2n) is 5.77. The van der Waals surface area contributed by atoms with Gasteiger partial charge in [0.05, 0.1) is 31.0 Å². The summed E-state index contributed by atoms with van der Waals surface area (Å²) < 4.78 is 10.9. The summed E-state index contributed by atoms with van der Waals surface area (Å²) in [6.07, 6.45) is 0.284. The molecule has 3 rings (SSSR count). The number of hydrogen-bond donors (Lipinski definition) is 1. The molecule has 0 amide bonds. The molecule has 2 aromatic rings. The van der Waals surface area contributed by atoms with Crippen LogP contribution in [0.4, 0.5) is 0 Å². The summed E-state index contributed by atoms with van der Waals surface area (Å²) in [6, 6.07) is 17.1. The first-order valence-corrected chi connectivity index (χ1v) is 7.74. The van der Waals surface area contributed by atoms with Crippen molar-refractivity contribution in [2.24, 2.45) is 0 Å². The van der Waals surface area contributed by atoms with Crippen LogP contribution in [0, 0.1) is 0 Å². The third-order valence-electron chi connectivity index (χ3n) is 4.15. The fraction of sp³-hybridized carbons (Fsp3) is 0.316. The van der Waals surface area contributed by atoms with Crippen molar-refractivity contribution >= 4 is 5.97 Å². The molecule has 3 atom stereocenters. The van der Waals surface area contributed by atoms with Gasteiger partial charge in [-0.3, -0.25) is 0 Å². The maximum Gasteiger partial charge on any atom is 0.337 e. The minimum absolute atomic E-state index is 0.147. The SMILES string of the molecule is COC(=O)c1cccc([C@H]2C[C@@H](O)C[C@@H](c3ccccc3)O2)c1. The zero-order valence-corrected chi connectivity index (χ0v) is 13.0. The second kappa shape index (κ2) is 6.94. The molecule has 4 nitrogen and oxygen atoms in total. The maximum absolute atomic E-state index is 11.7. The van der Waals surface area contributed by atoms with Gasteiger partial charge in [0.1, 0.15) is 0 Å². The molecule has 0 aliphatic carbocycles. The Morgan fingerprint density at radius 3 is 2.39 bits per heavy atom. The van der Waals surface area contributed by atoms with Crippen molar-refractivity contribution in [1.29, 1.82) is 0 Å². The van der Waals surface area contributed by atoms with Gasteiger partial charge in [0.25, 0.3) is 0 Å². The largest absolute Gasteiger partial charge is 0.465 e. The van der Waals surface area contributed by atoms with Crippen LogP contribution < -0.4 is 0 Å². The number of carbonyl (C=O) groups excluding carboxylic acids is 1. The molecule has 1 aliphatic heterocycles. The number of aliphatic hydroxyl groups is 1. The predicted octanol–water partition coefficient (Wildman–Crippen LogP) is 3.43. The van der Waals surface area contributed by atoms with Gasteiger partial charge < -0.3 is 14.6 Å². The molecule has 0 aromatic heterocycles. The van der Waals surface area contributed by atoms with Crippen molar-refractivity contribution in [2.45, 2.75) is 31.2 Å². The molecule has 0 spiro atoms. The van der Waals surface area contributed by atoms with E-state index in [1.54, 1.807) is 12.1 Å².